The first kappa shape index (κ1) is 23.5. The zero-order valence-corrected chi connectivity index (χ0v) is 20.5. The number of carbonyl (C=O) groups is 1. The van der Waals surface area contributed by atoms with Crippen molar-refractivity contribution in [1.82, 2.24) is 4.31 Å². The summed E-state index contributed by atoms with van der Waals surface area (Å²) in [5.74, 6) is 2.65. The highest BCUT2D eigenvalue weighted by atomic mass is 32.2. The highest BCUT2D eigenvalue weighted by molar-refractivity contribution is 8.19. The molecular weight excluding hydrogens is 464 g/mol. The van der Waals surface area contributed by atoms with Crippen LogP contribution in [-0.2, 0) is 14.8 Å². The van der Waals surface area contributed by atoms with Gasteiger partial charge in [-0.1, -0.05) is 24.6 Å². The molecular formula is C23H28N2O4S3. The van der Waals surface area contributed by atoms with Crippen molar-refractivity contribution in [3.63, 3.8) is 0 Å². The lowest BCUT2D eigenvalue weighted by molar-refractivity contribution is -0.118. The first-order valence-corrected chi connectivity index (χ1v) is 14.3. The molecule has 2 aromatic carbocycles. The van der Waals surface area contributed by atoms with Crippen molar-refractivity contribution in [2.75, 3.05) is 36.5 Å². The number of hydrogen-bond donors (Lipinski definition) is 1. The van der Waals surface area contributed by atoms with Crippen molar-refractivity contribution in [2.24, 2.45) is 0 Å². The molecule has 0 aromatic heterocycles. The molecule has 0 aliphatic carbocycles. The van der Waals surface area contributed by atoms with Gasteiger partial charge in [0.15, 0.2) is 6.61 Å². The number of nitrogens with one attached hydrogen (secondary N) is 1. The number of hydrogen-bond acceptors (Lipinski definition) is 6. The van der Waals surface area contributed by atoms with Gasteiger partial charge in [-0.25, -0.2) is 8.42 Å². The highest BCUT2D eigenvalue weighted by Gasteiger charge is 2.27. The van der Waals surface area contributed by atoms with Crippen LogP contribution in [0, 0.1) is 6.92 Å². The minimum Gasteiger partial charge on any atom is -0.484 e. The van der Waals surface area contributed by atoms with E-state index in [4.69, 9.17) is 4.74 Å². The van der Waals surface area contributed by atoms with Crippen molar-refractivity contribution in [1.29, 1.82) is 0 Å². The number of anilines is 1. The van der Waals surface area contributed by atoms with E-state index in [0.29, 0.717) is 34.7 Å². The average Bonchev–Trinajstić information content (AvgIpc) is 3.35. The summed E-state index contributed by atoms with van der Waals surface area (Å²) in [4.78, 5) is 12.7. The Morgan fingerprint density at radius 1 is 1.06 bits per heavy atom. The van der Waals surface area contributed by atoms with E-state index in [0.717, 1.165) is 19.3 Å². The number of ether oxygens (including phenoxy) is 1. The van der Waals surface area contributed by atoms with Gasteiger partial charge in [0, 0.05) is 30.3 Å². The summed E-state index contributed by atoms with van der Waals surface area (Å²) < 4.78 is 33.8. The first-order valence-electron chi connectivity index (χ1n) is 10.8. The van der Waals surface area contributed by atoms with Crippen molar-refractivity contribution in [3.8, 4) is 5.75 Å². The molecule has 0 bridgehead atoms. The molecule has 0 radical (unpaired) electrons. The number of aryl methyl sites for hydroxylation is 1. The molecule has 0 saturated carbocycles. The maximum absolute atomic E-state index is 13.1. The molecule has 6 nitrogen and oxygen atoms in total. The van der Waals surface area contributed by atoms with E-state index in [-0.39, 0.29) is 17.4 Å². The van der Waals surface area contributed by atoms with E-state index in [1.54, 1.807) is 29.4 Å². The molecule has 32 heavy (non-hydrogen) atoms. The monoisotopic (exact) mass is 492 g/mol. The van der Waals surface area contributed by atoms with Crippen LogP contribution in [0.2, 0.25) is 0 Å². The van der Waals surface area contributed by atoms with Crippen LogP contribution in [0.5, 0.6) is 5.75 Å². The van der Waals surface area contributed by atoms with Gasteiger partial charge in [-0.3, -0.25) is 4.79 Å². The Bertz CT molecular complexity index is 1050. The molecule has 2 saturated heterocycles. The van der Waals surface area contributed by atoms with Crippen molar-refractivity contribution < 1.29 is 17.9 Å². The molecule has 0 spiro atoms. The number of sulfonamides is 1. The van der Waals surface area contributed by atoms with E-state index < -0.39 is 10.0 Å². The summed E-state index contributed by atoms with van der Waals surface area (Å²) in [6.07, 6.45) is 2.82. The van der Waals surface area contributed by atoms with Crippen LogP contribution in [0.15, 0.2) is 47.4 Å². The van der Waals surface area contributed by atoms with Gasteiger partial charge in [-0.15, -0.1) is 23.5 Å². The summed E-state index contributed by atoms with van der Waals surface area (Å²) >= 11 is 3.89. The lowest BCUT2D eigenvalue weighted by Crippen LogP contribution is -2.36. The Kier molecular flexibility index (Phi) is 7.70. The molecule has 9 heteroatoms. The number of rotatable bonds is 7. The summed E-state index contributed by atoms with van der Waals surface area (Å²) in [6.45, 7) is 2.72. The Balaban J connectivity index is 1.36. The Hall–Kier alpha value is -1.68. The second kappa shape index (κ2) is 10.5. The van der Waals surface area contributed by atoms with Gasteiger partial charge in [0.1, 0.15) is 5.75 Å². The maximum atomic E-state index is 13.1. The third-order valence-corrected chi connectivity index (χ3v) is 10.7. The van der Waals surface area contributed by atoms with Crippen LogP contribution in [0.25, 0.3) is 0 Å². The van der Waals surface area contributed by atoms with Gasteiger partial charge < -0.3 is 10.1 Å². The Morgan fingerprint density at radius 2 is 1.75 bits per heavy atom. The van der Waals surface area contributed by atoms with E-state index in [1.807, 2.05) is 47.8 Å². The smallest absolute Gasteiger partial charge is 0.262 e. The minimum atomic E-state index is -3.57. The van der Waals surface area contributed by atoms with Crippen LogP contribution in [0.3, 0.4) is 0 Å². The van der Waals surface area contributed by atoms with Crippen molar-refractivity contribution >= 4 is 45.1 Å². The third-order valence-electron chi connectivity index (χ3n) is 5.55. The fraction of sp³-hybridized carbons (Fsp3) is 0.435. The Labute approximate surface area is 198 Å². The predicted octanol–water partition coefficient (Wildman–Crippen LogP) is 4.67. The number of amides is 1. The maximum Gasteiger partial charge on any atom is 0.262 e. The van der Waals surface area contributed by atoms with Crippen LogP contribution in [-0.4, -0.2) is 49.8 Å². The molecule has 2 fully saturated rings. The second-order valence-electron chi connectivity index (χ2n) is 7.92. The molecule has 0 unspecified atom stereocenters. The first-order chi connectivity index (χ1) is 15.4. The summed E-state index contributed by atoms with van der Waals surface area (Å²) in [5.41, 5.74) is 2.38. The molecule has 0 atom stereocenters. The predicted molar refractivity (Wildman–Crippen MR) is 132 cm³/mol. The van der Waals surface area contributed by atoms with Gasteiger partial charge in [0.25, 0.3) is 5.91 Å². The van der Waals surface area contributed by atoms with Crippen LogP contribution < -0.4 is 10.1 Å². The van der Waals surface area contributed by atoms with Gasteiger partial charge >= 0.3 is 0 Å². The van der Waals surface area contributed by atoms with Gasteiger partial charge in [0.2, 0.25) is 10.0 Å². The molecule has 1 N–H and O–H groups in total. The summed E-state index contributed by atoms with van der Waals surface area (Å²) in [6, 6.07) is 12.8. The number of nitrogens with zero attached hydrogens (tertiary/aromatic N) is 1. The van der Waals surface area contributed by atoms with Crippen LogP contribution in [0.4, 0.5) is 5.69 Å². The van der Waals surface area contributed by atoms with E-state index in [1.165, 1.54) is 17.1 Å². The fourth-order valence-corrected chi connectivity index (χ4v) is 8.45. The summed E-state index contributed by atoms with van der Waals surface area (Å²) in [7, 11) is -3.57. The highest BCUT2D eigenvalue weighted by Crippen LogP contribution is 2.45. The average molecular weight is 493 g/mol. The zero-order chi connectivity index (χ0) is 22.6. The molecule has 2 aromatic rings. The van der Waals surface area contributed by atoms with Crippen molar-refractivity contribution in [2.45, 2.75) is 35.7 Å². The lowest BCUT2D eigenvalue weighted by atomic mass is 10.2. The Morgan fingerprint density at radius 3 is 2.44 bits per heavy atom. The topological polar surface area (TPSA) is 75.7 Å². The molecule has 2 aliphatic heterocycles. The zero-order valence-electron chi connectivity index (χ0n) is 18.1. The number of benzene rings is 2. The van der Waals surface area contributed by atoms with E-state index in [2.05, 4.69) is 5.32 Å². The van der Waals surface area contributed by atoms with E-state index in [9.17, 15) is 13.2 Å². The van der Waals surface area contributed by atoms with Gasteiger partial charge in [-0.2, -0.15) is 4.31 Å². The molecule has 2 heterocycles. The lowest BCUT2D eigenvalue weighted by Gasteiger charge is -2.26. The number of piperidine rings is 1. The van der Waals surface area contributed by atoms with Gasteiger partial charge in [-0.05, 0) is 55.2 Å². The summed E-state index contributed by atoms with van der Waals surface area (Å²) in [5, 5.41) is 2.76. The standard InChI is InChI=1S/C23H28N2O4S3/c1-17-5-8-19(15-21(17)32(27,28)25-11-3-2-4-12-25)24-22(26)16-29-20-9-6-18(7-10-20)23-30-13-14-31-23/h5-10,15,23H,2-4,11-14,16H2,1H3,(H,24,26). The van der Waals surface area contributed by atoms with Crippen LogP contribution >= 0.6 is 23.5 Å². The minimum absolute atomic E-state index is 0.144. The number of thioether (sulfide) groups is 2. The second-order valence-corrected chi connectivity index (χ2v) is 12.6. The quantitative estimate of drug-likeness (QED) is 0.606. The molecule has 1 amide bonds. The largest absolute Gasteiger partial charge is 0.484 e. The fourth-order valence-electron chi connectivity index (χ4n) is 3.82. The van der Waals surface area contributed by atoms with Gasteiger partial charge in [0.05, 0.1) is 9.48 Å². The molecule has 2 aliphatic rings. The van der Waals surface area contributed by atoms with Crippen molar-refractivity contribution in [3.05, 3.63) is 53.6 Å². The molecule has 172 valence electrons. The molecule has 4 rings (SSSR count). The van der Waals surface area contributed by atoms with Crippen LogP contribution in [0.1, 0.15) is 35.0 Å². The third kappa shape index (κ3) is 5.62. The normalized spacial score (nSPS) is 17.9. The SMILES string of the molecule is Cc1ccc(NC(=O)COc2ccc(C3SCCS3)cc2)cc1S(=O)(=O)N1CCCCC1. The number of carbonyl (C=O) groups excluding carboxylic acids is 1. The van der Waals surface area contributed by atoms with E-state index >= 15 is 0 Å².